The van der Waals surface area contributed by atoms with Gasteiger partial charge in [-0.05, 0) is 61.4 Å². The van der Waals surface area contributed by atoms with E-state index in [0.717, 1.165) is 21.2 Å². The van der Waals surface area contributed by atoms with E-state index >= 15 is 0 Å². The summed E-state index contributed by atoms with van der Waals surface area (Å²) < 4.78 is 12.3. The molecule has 1 aliphatic heterocycles. The van der Waals surface area contributed by atoms with Gasteiger partial charge in [0.1, 0.15) is 11.3 Å². The van der Waals surface area contributed by atoms with Crippen molar-refractivity contribution in [3.63, 3.8) is 0 Å². The highest BCUT2D eigenvalue weighted by atomic mass is 32.1. The van der Waals surface area contributed by atoms with Gasteiger partial charge in [-0.2, -0.15) is 0 Å². The molecule has 0 saturated carbocycles. The van der Waals surface area contributed by atoms with Crippen molar-refractivity contribution in [1.82, 2.24) is 4.98 Å². The fraction of sp³-hybridized carbons (Fsp3) is 0.138. The van der Waals surface area contributed by atoms with Crippen LogP contribution in [0.2, 0.25) is 0 Å². The van der Waals surface area contributed by atoms with Crippen LogP contribution >= 0.6 is 11.3 Å². The van der Waals surface area contributed by atoms with Gasteiger partial charge in [0, 0.05) is 5.39 Å². The third kappa shape index (κ3) is 3.86. The number of aromatic nitrogens is 1. The lowest BCUT2D eigenvalue weighted by Gasteiger charge is -2.24. The van der Waals surface area contributed by atoms with E-state index in [1.807, 2.05) is 50.2 Å². The van der Waals surface area contributed by atoms with Crippen molar-refractivity contribution < 1.29 is 23.8 Å². The zero-order valence-electron chi connectivity index (χ0n) is 20.1. The average Bonchev–Trinajstić information content (AvgIpc) is 3.58. The maximum absolute atomic E-state index is 13.8. The first-order valence-corrected chi connectivity index (χ1v) is 12.7. The predicted molar refractivity (Wildman–Crippen MR) is 142 cm³/mol. The molecule has 3 aromatic carbocycles. The summed E-state index contributed by atoms with van der Waals surface area (Å²) in [5.74, 6) is -1.14. The normalized spacial score (nSPS) is 15.8. The van der Waals surface area contributed by atoms with Gasteiger partial charge in [-0.25, -0.2) is 4.98 Å². The maximum Gasteiger partial charge on any atom is 0.296 e. The van der Waals surface area contributed by atoms with Gasteiger partial charge in [0.25, 0.3) is 5.91 Å². The number of aliphatic hydroxyl groups is 1. The number of benzene rings is 3. The molecule has 1 aliphatic rings. The van der Waals surface area contributed by atoms with E-state index in [1.165, 1.54) is 16.2 Å². The largest absolute Gasteiger partial charge is 0.503 e. The summed E-state index contributed by atoms with van der Waals surface area (Å²) in [4.78, 5) is 33.3. The lowest BCUT2D eigenvalue weighted by molar-refractivity contribution is -0.117. The summed E-state index contributed by atoms with van der Waals surface area (Å²) in [5.41, 5.74) is 2.94. The summed E-state index contributed by atoms with van der Waals surface area (Å²) in [7, 11) is 0. The number of anilines is 1. The molecule has 7 nitrogen and oxygen atoms in total. The number of carbonyl (C=O) groups excluding carboxylic acids is 2. The second-order valence-electron chi connectivity index (χ2n) is 8.79. The van der Waals surface area contributed by atoms with Gasteiger partial charge in [-0.15, -0.1) is 0 Å². The van der Waals surface area contributed by atoms with Crippen LogP contribution in [-0.2, 0) is 4.79 Å². The van der Waals surface area contributed by atoms with Crippen LogP contribution in [-0.4, -0.2) is 28.4 Å². The minimum atomic E-state index is -0.898. The number of ether oxygens (including phenoxy) is 1. The number of carbonyl (C=O) groups is 2. The van der Waals surface area contributed by atoms with Crippen molar-refractivity contribution >= 4 is 49.3 Å². The quantitative estimate of drug-likeness (QED) is 0.261. The summed E-state index contributed by atoms with van der Waals surface area (Å²) in [6.07, 6.45) is 0. The molecule has 0 aliphatic carbocycles. The molecule has 1 amide bonds. The van der Waals surface area contributed by atoms with E-state index in [4.69, 9.17) is 9.15 Å². The maximum atomic E-state index is 13.8. The second kappa shape index (κ2) is 8.90. The van der Waals surface area contributed by atoms with E-state index < -0.39 is 23.5 Å². The van der Waals surface area contributed by atoms with Gasteiger partial charge in [0.2, 0.25) is 5.78 Å². The van der Waals surface area contributed by atoms with E-state index in [1.54, 1.807) is 36.4 Å². The van der Waals surface area contributed by atoms with Crippen LogP contribution in [0.4, 0.5) is 5.13 Å². The minimum absolute atomic E-state index is 0.0493. The highest BCUT2D eigenvalue weighted by molar-refractivity contribution is 7.22. The SMILES string of the molecule is CCOc1ccc(C2C(C(=O)c3cc4ccccc4o3)=C(O)C(=O)N2c2nc3ccc(C)cc3s2)cc1. The third-order valence-electron chi connectivity index (χ3n) is 6.35. The number of amides is 1. The number of para-hydroxylation sites is 1. The minimum Gasteiger partial charge on any atom is -0.503 e. The smallest absolute Gasteiger partial charge is 0.296 e. The first-order chi connectivity index (χ1) is 17.9. The molecule has 0 spiro atoms. The van der Waals surface area contributed by atoms with Crippen molar-refractivity contribution in [2.24, 2.45) is 0 Å². The van der Waals surface area contributed by atoms with Crippen molar-refractivity contribution in [2.45, 2.75) is 19.9 Å². The number of furan rings is 1. The molecule has 0 saturated heterocycles. The molecular formula is C29H22N2O5S. The number of hydrogen-bond donors (Lipinski definition) is 1. The monoisotopic (exact) mass is 510 g/mol. The second-order valence-corrected chi connectivity index (χ2v) is 9.80. The fourth-order valence-corrected chi connectivity index (χ4v) is 5.70. The summed E-state index contributed by atoms with van der Waals surface area (Å²) in [6.45, 7) is 4.39. The van der Waals surface area contributed by atoms with Gasteiger partial charge in [-0.1, -0.05) is 47.7 Å². The summed E-state index contributed by atoms with van der Waals surface area (Å²) in [5, 5.41) is 12.2. The summed E-state index contributed by atoms with van der Waals surface area (Å²) in [6, 6.07) is 21.0. The highest BCUT2D eigenvalue weighted by Gasteiger charge is 2.46. The van der Waals surface area contributed by atoms with Crippen LogP contribution < -0.4 is 9.64 Å². The molecule has 8 heteroatoms. The Hall–Kier alpha value is -4.43. The molecule has 184 valence electrons. The lowest BCUT2D eigenvalue weighted by atomic mass is 9.95. The van der Waals surface area contributed by atoms with E-state index in [2.05, 4.69) is 4.98 Å². The molecule has 6 rings (SSSR count). The van der Waals surface area contributed by atoms with Crippen molar-refractivity contribution in [3.8, 4) is 5.75 Å². The van der Waals surface area contributed by atoms with Crippen LogP contribution in [0.15, 0.2) is 88.5 Å². The standard InChI is InChI=1S/C29H22N2O5S/c1-3-35-19-11-9-17(10-12-19)25-24(26(32)22-15-18-6-4-5-7-21(18)36-22)27(33)28(34)31(25)29-30-20-13-8-16(2)14-23(20)37-29/h4-15,25,33H,3H2,1-2H3. The molecule has 0 fully saturated rings. The Morgan fingerprint density at radius 3 is 2.65 bits per heavy atom. The molecule has 1 unspecified atom stereocenters. The number of Topliss-reactive ketones (excluding diaryl/α,β-unsaturated/α-hetero) is 1. The molecule has 1 atom stereocenters. The predicted octanol–water partition coefficient (Wildman–Crippen LogP) is 6.53. The molecule has 1 N–H and O–H groups in total. The van der Waals surface area contributed by atoms with Crippen LogP contribution in [0.5, 0.6) is 5.75 Å². The number of thiazole rings is 1. The Morgan fingerprint density at radius 2 is 1.89 bits per heavy atom. The molecule has 0 radical (unpaired) electrons. The molecule has 2 aromatic heterocycles. The molecule has 37 heavy (non-hydrogen) atoms. The van der Waals surface area contributed by atoms with Crippen molar-refractivity contribution in [2.75, 3.05) is 11.5 Å². The number of fused-ring (bicyclic) bond motifs is 2. The van der Waals surface area contributed by atoms with Crippen molar-refractivity contribution in [3.05, 3.63) is 101 Å². The van der Waals surface area contributed by atoms with Crippen LogP contribution in [0.3, 0.4) is 0 Å². The number of rotatable bonds is 6. The number of hydrogen-bond acceptors (Lipinski definition) is 7. The summed E-state index contributed by atoms with van der Waals surface area (Å²) >= 11 is 1.33. The number of ketones is 1. The Kier molecular flexibility index (Phi) is 5.53. The Morgan fingerprint density at radius 1 is 1.11 bits per heavy atom. The van der Waals surface area contributed by atoms with E-state index in [-0.39, 0.29) is 11.3 Å². The van der Waals surface area contributed by atoms with Crippen LogP contribution in [0, 0.1) is 6.92 Å². The first-order valence-electron chi connectivity index (χ1n) is 11.8. The van der Waals surface area contributed by atoms with Gasteiger partial charge >= 0.3 is 0 Å². The van der Waals surface area contributed by atoms with E-state index in [0.29, 0.717) is 28.6 Å². The topological polar surface area (TPSA) is 92.9 Å². The van der Waals surface area contributed by atoms with Crippen molar-refractivity contribution in [1.29, 1.82) is 0 Å². The zero-order chi connectivity index (χ0) is 25.7. The number of nitrogens with zero attached hydrogens (tertiary/aromatic N) is 2. The molecule has 0 bridgehead atoms. The first kappa shape index (κ1) is 23.0. The van der Waals surface area contributed by atoms with Gasteiger partial charge in [0.15, 0.2) is 16.7 Å². The molecular weight excluding hydrogens is 488 g/mol. The Labute approximate surface area is 216 Å². The van der Waals surface area contributed by atoms with Gasteiger partial charge in [-0.3, -0.25) is 14.5 Å². The fourth-order valence-electron chi connectivity index (χ4n) is 4.61. The lowest BCUT2D eigenvalue weighted by Crippen LogP contribution is -2.30. The van der Waals surface area contributed by atoms with Crippen LogP contribution in [0.1, 0.15) is 34.6 Å². The third-order valence-corrected chi connectivity index (χ3v) is 7.37. The van der Waals surface area contributed by atoms with Gasteiger partial charge in [0.05, 0.1) is 28.4 Å². The zero-order valence-corrected chi connectivity index (χ0v) is 20.9. The Balaban J connectivity index is 1.49. The van der Waals surface area contributed by atoms with Gasteiger partial charge < -0.3 is 14.3 Å². The number of aryl methyl sites for hydroxylation is 1. The van der Waals surface area contributed by atoms with E-state index in [9.17, 15) is 14.7 Å². The number of aliphatic hydroxyl groups excluding tert-OH is 1. The highest BCUT2D eigenvalue weighted by Crippen LogP contribution is 2.44. The average molecular weight is 511 g/mol. The molecule has 3 heterocycles. The van der Waals surface area contributed by atoms with Crippen LogP contribution in [0.25, 0.3) is 21.2 Å². The Bertz CT molecular complexity index is 1680. The molecule has 5 aromatic rings.